The van der Waals surface area contributed by atoms with Gasteiger partial charge in [0.1, 0.15) is 6.17 Å². The van der Waals surface area contributed by atoms with Crippen molar-refractivity contribution >= 4 is 23.0 Å². The molecule has 33 heavy (non-hydrogen) atoms. The lowest BCUT2D eigenvalue weighted by Crippen LogP contribution is -2.45. The van der Waals surface area contributed by atoms with E-state index in [2.05, 4.69) is 45.9 Å². The van der Waals surface area contributed by atoms with Crippen LogP contribution in [0, 0.1) is 11.3 Å². The molecule has 3 rings (SSSR count). The van der Waals surface area contributed by atoms with Gasteiger partial charge >= 0.3 is 0 Å². The molecule has 1 aromatic heterocycles. The van der Waals surface area contributed by atoms with E-state index in [0.29, 0.717) is 18.1 Å². The highest BCUT2D eigenvalue weighted by molar-refractivity contribution is 6.30. The third-order valence-corrected chi connectivity index (χ3v) is 5.69. The van der Waals surface area contributed by atoms with Gasteiger partial charge in [0, 0.05) is 63.0 Å². The van der Waals surface area contributed by atoms with Crippen molar-refractivity contribution in [1.29, 1.82) is 5.41 Å². The predicted octanol–water partition coefficient (Wildman–Crippen LogP) is 1.67. The number of hydrogen-bond donors (Lipinski definition) is 6. The van der Waals surface area contributed by atoms with Crippen LogP contribution in [-0.4, -0.2) is 49.6 Å². The molecule has 176 valence electrons. The Morgan fingerprint density at radius 1 is 1.36 bits per heavy atom. The van der Waals surface area contributed by atoms with Crippen LogP contribution < -0.4 is 32.4 Å². The molecule has 1 aromatic rings. The van der Waals surface area contributed by atoms with Crippen LogP contribution in [0.3, 0.4) is 0 Å². The molecule has 0 bridgehead atoms. The van der Waals surface area contributed by atoms with E-state index in [4.69, 9.17) is 16.9 Å². The van der Waals surface area contributed by atoms with Crippen molar-refractivity contribution in [1.82, 2.24) is 26.1 Å². The van der Waals surface area contributed by atoms with E-state index in [9.17, 15) is 0 Å². The third kappa shape index (κ3) is 5.38. The third-order valence-electron chi connectivity index (χ3n) is 5.69. The van der Waals surface area contributed by atoms with Gasteiger partial charge in [-0.2, -0.15) is 0 Å². The molecule has 8 N–H and O–H groups in total. The Morgan fingerprint density at radius 3 is 2.73 bits per heavy atom. The van der Waals surface area contributed by atoms with Crippen molar-refractivity contribution in [2.45, 2.75) is 20.0 Å². The molecule has 0 saturated heterocycles. The normalized spacial score (nSPS) is 19.0. The molecule has 1 atom stereocenters. The van der Waals surface area contributed by atoms with Crippen molar-refractivity contribution in [2.24, 2.45) is 17.4 Å². The van der Waals surface area contributed by atoms with Crippen LogP contribution in [0.15, 0.2) is 60.0 Å². The van der Waals surface area contributed by atoms with E-state index in [1.54, 1.807) is 6.20 Å². The number of nitrogens with zero attached hydrogens (tertiary/aromatic N) is 3. The number of rotatable bonds is 8. The van der Waals surface area contributed by atoms with E-state index in [1.165, 1.54) is 0 Å². The summed E-state index contributed by atoms with van der Waals surface area (Å²) in [6, 6.07) is 2.06. The smallest absolute Gasteiger partial charge is 0.120 e. The van der Waals surface area contributed by atoms with Gasteiger partial charge in [-0.25, -0.2) is 5.43 Å². The molecule has 0 aliphatic carbocycles. The number of hydrazine groups is 1. The van der Waals surface area contributed by atoms with Gasteiger partial charge in [0.2, 0.25) is 0 Å². The fraction of sp³-hybridized carbons (Fsp3) is 0.333. The Morgan fingerprint density at radius 2 is 2.12 bits per heavy atom. The minimum atomic E-state index is -0.149. The number of fused-ring (bicyclic) bond motifs is 1. The Labute approximate surface area is 196 Å². The number of nitrogens with one attached hydrogen (secondary N) is 4. The highest BCUT2D eigenvalue weighted by Crippen LogP contribution is 2.30. The second-order valence-corrected chi connectivity index (χ2v) is 8.43. The first-order chi connectivity index (χ1) is 15.7. The highest BCUT2D eigenvalue weighted by Gasteiger charge is 2.23. The molecule has 1 unspecified atom stereocenters. The van der Waals surface area contributed by atoms with E-state index < -0.39 is 0 Å². The number of hydrogen-bond acceptors (Lipinski definition) is 9. The van der Waals surface area contributed by atoms with Gasteiger partial charge in [-0.05, 0) is 42.0 Å². The monoisotopic (exact) mass is 449 g/mol. The van der Waals surface area contributed by atoms with Crippen LogP contribution in [0.25, 0.3) is 11.6 Å². The first kappa shape index (κ1) is 23.9. The van der Waals surface area contributed by atoms with Crippen molar-refractivity contribution in [3.05, 3.63) is 71.2 Å². The SMILES string of the molecule is CN/C=C(\C(=N)C1=CN(C)NC1)c1cnc2c(c1)N(C)C(N/C(N)=C/C(=C\N)C(C)C)C=C2. The Hall–Kier alpha value is -3.72. The minimum Gasteiger partial charge on any atom is -0.404 e. The molecule has 2 aliphatic rings. The Bertz CT molecular complexity index is 1050. The van der Waals surface area contributed by atoms with Gasteiger partial charge in [-0.3, -0.25) is 10.4 Å². The molecule has 0 spiro atoms. The van der Waals surface area contributed by atoms with Crippen molar-refractivity contribution < 1.29 is 0 Å². The first-order valence-corrected chi connectivity index (χ1v) is 11.0. The fourth-order valence-electron chi connectivity index (χ4n) is 3.73. The summed E-state index contributed by atoms with van der Waals surface area (Å²) >= 11 is 0. The van der Waals surface area contributed by atoms with Gasteiger partial charge in [0.15, 0.2) is 0 Å². The molecule has 0 amide bonds. The second-order valence-electron chi connectivity index (χ2n) is 8.43. The van der Waals surface area contributed by atoms with E-state index in [0.717, 1.165) is 33.7 Å². The van der Waals surface area contributed by atoms with Crippen LogP contribution in [0.4, 0.5) is 5.69 Å². The fourth-order valence-corrected chi connectivity index (χ4v) is 3.73. The summed E-state index contributed by atoms with van der Waals surface area (Å²) in [4.78, 5) is 6.74. The zero-order valence-electron chi connectivity index (χ0n) is 20.0. The molecule has 0 saturated carbocycles. The van der Waals surface area contributed by atoms with Crippen LogP contribution in [0.1, 0.15) is 25.1 Å². The van der Waals surface area contributed by atoms with Gasteiger partial charge in [-0.15, -0.1) is 0 Å². The maximum Gasteiger partial charge on any atom is 0.120 e. The summed E-state index contributed by atoms with van der Waals surface area (Å²) in [7, 11) is 5.74. The zero-order chi connectivity index (χ0) is 24.1. The maximum absolute atomic E-state index is 8.76. The highest BCUT2D eigenvalue weighted by atomic mass is 15.5. The molecular weight excluding hydrogens is 414 g/mol. The Kier molecular flexibility index (Phi) is 7.44. The van der Waals surface area contributed by atoms with Gasteiger partial charge in [-0.1, -0.05) is 13.8 Å². The van der Waals surface area contributed by atoms with E-state index >= 15 is 0 Å². The average Bonchev–Trinajstić information content (AvgIpc) is 3.23. The predicted molar refractivity (Wildman–Crippen MR) is 137 cm³/mol. The number of likely N-dealkylation sites (N-methyl/N-ethyl adjacent to an activating group) is 1. The summed E-state index contributed by atoms with van der Waals surface area (Å²) in [5, 5.41) is 17.0. The zero-order valence-corrected chi connectivity index (χ0v) is 20.0. The summed E-state index contributed by atoms with van der Waals surface area (Å²) in [5.41, 5.74) is 21.0. The molecule has 0 aromatic carbocycles. The molecule has 2 aliphatic heterocycles. The largest absolute Gasteiger partial charge is 0.404 e. The van der Waals surface area contributed by atoms with Crippen LogP contribution >= 0.6 is 0 Å². The summed E-state index contributed by atoms with van der Waals surface area (Å²) < 4.78 is 0. The standard InChI is InChI=1S/C24H35N9/c1-15(2)16(10-25)9-22(26)31-23-7-6-20-21(33(23)5)8-17(11-29-20)19(13-28-3)24(27)18-12-30-32(4)14-18/h6-11,13-15,23,27-28,30-31H,12,25-26H2,1-5H3/b16-10+,19-13-,22-9+,27-24?. The number of nitrogens with two attached hydrogens (primary N) is 2. The van der Waals surface area contributed by atoms with Gasteiger partial charge in [0.25, 0.3) is 0 Å². The van der Waals surface area contributed by atoms with Crippen molar-refractivity contribution in [2.75, 3.05) is 32.6 Å². The number of pyridine rings is 1. The number of anilines is 1. The molecule has 0 fully saturated rings. The summed E-state index contributed by atoms with van der Waals surface area (Å²) in [6.07, 6.45) is 12.9. The number of allylic oxidation sites excluding steroid dienone is 3. The molecule has 3 heterocycles. The number of aromatic nitrogens is 1. The molecule has 9 nitrogen and oxygen atoms in total. The topological polar surface area (TPSA) is 131 Å². The maximum atomic E-state index is 8.76. The van der Waals surface area contributed by atoms with Crippen LogP contribution in [0.5, 0.6) is 0 Å². The van der Waals surface area contributed by atoms with Gasteiger partial charge < -0.3 is 32.0 Å². The van der Waals surface area contributed by atoms with Crippen molar-refractivity contribution in [3.63, 3.8) is 0 Å². The van der Waals surface area contributed by atoms with Crippen LogP contribution in [-0.2, 0) is 0 Å². The first-order valence-electron chi connectivity index (χ1n) is 11.0. The van der Waals surface area contributed by atoms with E-state index in [1.807, 2.05) is 63.0 Å². The summed E-state index contributed by atoms with van der Waals surface area (Å²) in [5.74, 6) is 0.817. The average molecular weight is 450 g/mol. The molecule has 0 radical (unpaired) electrons. The minimum absolute atomic E-state index is 0.149. The molecule has 9 heteroatoms. The second kappa shape index (κ2) is 10.3. The quantitative estimate of drug-likeness (QED) is 0.261. The lowest BCUT2D eigenvalue weighted by molar-refractivity contribution is 0.374. The lowest BCUT2D eigenvalue weighted by atomic mass is 9.97. The van der Waals surface area contributed by atoms with Crippen LogP contribution in [0.2, 0.25) is 0 Å². The van der Waals surface area contributed by atoms with Gasteiger partial charge in [0.05, 0.1) is 22.9 Å². The molecular formula is C24H35N9. The van der Waals surface area contributed by atoms with Crippen molar-refractivity contribution in [3.8, 4) is 0 Å². The Balaban J connectivity index is 1.87. The summed E-state index contributed by atoms with van der Waals surface area (Å²) in [6.45, 7) is 4.76. The lowest BCUT2D eigenvalue weighted by Gasteiger charge is -2.33. The van der Waals surface area contributed by atoms with E-state index in [-0.39, 0.29) is 12.1 Å².